The third kappa shape index (κ3) is 4.03. The van der Waals surface area contributed by atoms with Crippen molar-refractivity contribution in [3.05, 3.63) is 76.0 Å². The second-order valence-electron chi connectivity index (χ2n) is 6.59. The van der Waals surface area contributed by atoms with E-state index in [1.807, 2.05) is 6.92 Å². The first kappa shape index (κ1) is 18.9. The third-order valence-corrected chi connectivity index (χ3v) is 4.43. The van der Waals surface area contributed by atoms with Crippen LogP contribution >= 0.6 is 0 Å². The Balaban J connectivity index is 1.72. The van der Waals surface area contributed by atoms with Crippen LogP contribution < -0.4 is 10.2 Å². The minimum absolute atomic E-state index is 0.0640. The van der Waals surface area contributed by atoms with Crippen molar-refractivity contribution in [2.45, 2.75) is 26.2 Å². The molecule has 0 bridgehead atoms. The Labute approximate surface area is 165 Å². The number of halogens is 1. The highest BCUT2D eigenvalue weighted by Gasteiger charge is 2.22. The Morgan fingerprint density at radius 3 is 2.62 bits per heavy atom. The minimum Gasteiger partial charge on any atom is -0.486 e. The van der Waals surface area contributed by atoms with Crippen molar-refractivity contribution in [3.8, 4) is 17.4 Å². The molecule has 0 aliphatic rings. The van der Waals surface area contributed by atoms with Gasteiger partial charge in [-0.2, -0.15) is 0 Å². The fraction of sp³-hybridized carbons (Fsp3) is 0.227. The van der Waals surface area contributed by atoms with Crippen LogP contribution in [0, 0.1) is 5.82 Å². The zero-order valence-electron chi connectivity index (χ0n) is 15.9. The number of hydrogen-bond acceptors (Lipinski definition) is 6. The molecule has 0 amide bonds. The van der Waals surface area contributed by atoms with Crippen molar-refractivity contribution < 1.29 is 18.0 Å². The van der Waals surface area contributed by atoms with E-state index in [0.717, 1.165) is 18.4 Å². The first-order valence-electron chi connectivity index (χ1n) is 9.41. The molecule has 0 fully saturated rings. The topological polar surface area (TPSA) is 78.4 Å². The molecule has 7 heteroatoms. The van der Waals surface area contributed by atoms with Crippen molar-refractivity contribution >= 4 is 11.0 Å². The smallest absolute Gasteiger partial charge is 0.287 e. The molecule has 0 atom stereocenters. The lowest BCUT2D eigenvalue weighted by Crippen LogP contribution is -2.11. The minimum atomic E-state index is -0.313. The number of nitrogens with zero attached hydrogens (tertiary/aromatic N) is 2. The highest BCUT2D eigenvalue weighted by molar-refractivity contribution is 5.80. The number of benzene rings is 2. The second kappa shape index (κ2) is 8.26. The zero-order chi connectivity index (χ0) is 20.2. The largest absolute Gasteiger partial charge is 0.486 e. The number of para-hydroxylation sites is 1. The van der Waals surface area contributed by atoms with Crippen LogP contribution in [0.2, 0.25) is 0 Å². The molecule has 0 N–H and O–H groups in total. The normalized spacial score (nSPS) is 11.1. The Morgan fingerprint density at radius 2 is 1.83 bits per heavy atom. The zero-order valence-corrected chi connectivity index (χ0v) is 15.9. The average Bonchev–Trinajstić information content (AvgIpc) is 3.20. The van der Waals surface area contributed by atoms with E-state index in [4.69, 9.17) is 13.6 Å². The molecule has 0 saturated heterocycles. The average molecular weight is 394 g/mol. The molecular formula is C22H19FN2O4. The summed E-state index contributed by atoms with van der Waals surface area (Å²) in [7, 11) is 0. The summed E-state index contributed by atoms with van der Waals surface area (Å²) in [5.74, 6) is 0.252. The molecule has 0 unspecified atom stereocenters. The van der Waals surface area contributed by atoms with Crippen LogP contribution in [0.15, 0.2) is 62.2 Å². The van der Waals surface area contributed by atoms with Crippen LogP contribution in [0.3, 0.4) is 0 Å². The van der Waals surface area contributed by atoms with Gasteiger partial charge in [-0.1, -0.05) is 37.6 Å². The van der Waals surface area contributed by atoms with Crippen LogP contribution in [0.4, 0.5) is 4.39 Å². The van der Waals surface area contributed by atoms with E-state index in [0.29, 0.717) is 29.9 Å². The van der Waals surface area contributed by atoms with Gasteiger partial charge < -0.3 is 13.6 Å². The molecule has 0 aliphatic heterocycles. The van der Waals surface area contributed by atoms with Crippen molar-refractivity contribution in [2.24, 2.45) is 0 Å². The summed E-state index contributed by atoms with van der Waals surface area (Å²) in [6.07, 6.45) is 2.05. The van der Waals surface area contributed by atoms with Crippen molar-refractivity contribution in [2.75, 3.05) is 6.61 Å². The van der Waals surface area contributed by atoms with E-state index < -0.39 is 0 Å². The van der Waals surface area contributed by atoms with Crippen LogP contribution in [-0.2, 0) is 6.42 Å². The maximum Gasteiger partial charge on any atom is 0.287 e. The molecular weight excluding hydrogens is 375 g/mol. The van der Waals surface area contributed by atoms with Gasteiger partial charge in [0.1, 0.15) is 11.4 Å². The molecule has 2 heterocycles. The molecule has 2 aromatic heterocycles. The Morgan fingerprint density at radius 1 is 1.03 bits per heavy atom. The predicted molar refractivity (Wildman–Crippen MR) is 105 cm³/mol. The van der Waals surface area contributed by atoms with Crippen LogP contribution in [-0.4, -0.2) is 16.8 Å². The molecule has 0 spiro atoms. The Bertz CT molecular complexity index is 1180. The summed E-state index contributed by atoms with van der Waals surface area (Å²) in [4.78, 5) is 12.9. The first-order chi connectivity index (χ1) is 14.2. The number of hydrogen-bond donors (Lipinski definition) is 0. The molecule has 29 heavy (non-hydrogen) atoms. The number of aromatic nitrogens is 2. The van der Waals surface area contributed by atoms with Gasteiger partial charge in [-0.05, 0) is 36.2 Å². The first-order valence-corrected chi connectivity index (χ1v) is 9.41. The van der Waals surface area contributed by atoms with E-state index in [9.17, 15) is 9.18 Å². The summed E-state index contributed by atoms with van der Waals surface area (Å²) in [5, 5.41) is 8.49. The third-order valence-electron chi connectivity index (χ3n) is 4.43. The van der Waals surface area contributed by atoms with Gasteiger partial charge in [0, 0.05) is 0 Å². The lowest BCUT2D eigenvalue weighted by Gasteiger charge is -2.08. The van der Waals surface area contributed by atoms with E-state index in [-0.39, 0.29) is 28.6 Å². The SMILES string of the molecule is CCCCOc1c(-c2nnc(Cc3ccc(F)cc3)o2)oc2ccccc2c1=O. The van der Waals surface area contributed by atoms with Crippen molar-refractivity contribution in [3.63, 3.8) is 0 Å². The van der Waals surface area contributed by atoms with Gasteiger partial charge in [-0.3, -0.25) is 4.79 Å². The van der Waals surface area contributed by atoms with Gasteiger partial charge in [0.25, 0.3) is 5.89 Å². The lowest BCUT2D eigenvalue weighted by molar-refractivity contribution is 0.299. The summed E-state index contributed by atoms with van der Waals surface area (Å²) < 4.78 is 30.4. The highest BCUT2D eigenvalue weighted by Crippen LogP contribution is 2.30. The summed E-state index contributed by atoms with van der Waals surface area (Å²) >= 11 is 0. The molecule has 148 valence electrons. The standard InChI is InChI=1S/C22H19FN2O4/c1-2-3-12-27-20-19(26)16-6-4-5-7-17(16)28-21(20)22-25-24-18(29-22)13-14-8-10-15(23)11-9-14/h4-11H,2-3,12-13H2,1H3. The van der Waals surface area contributed by atoms with Gasteiger partial charge in [0.15, 0.2) is 0 Å². The monoisotopic (exact) mass is 394 g/mol. The number of ether oxygens (including phenoxy) is 1. The summed E-state index contributed by atoms with van der Waals surface area (Å²) in [6, 6.07) is 13.0. The van der Waals surface area contributed by atoms with Gasteiger partial charge in [0.05, 0.1) is 18.4 Å². The van der Waals surface area contributed by atoms with E-state index in [1.165, 1.54) is 12.1 Å². The van der Waals surface area contributed by atoms with Crippen molar-refractivity contribution in [1.82, 2.24) is 10.2 Å². The molecule has 0 saturated carbocycles. The van der Waals surface area contributed by atoms with Crippen molar-refractivity contribution in [1.29, 1.82) is 0 Å². The number of fused-ring (bicyclic) bond motifs is 1. The maximum absolute atomic E-state index is 13.1. The van der Waals surface area contributed by atoms with Crippen LogP contribution in [0.5, 0.6) is 5.75 Å². The van der Waals surface area contributed by atoms with Gasteiger partial charge in [-0.15, -0.1) is 10.2 Å². The van der Waals surface area contributed by atoms with E-state index in [2.05, 4.69) is 10.2 Å². The van der Waals surface area contributed by atoms with Gasteiger partial charge in [0.2, 0.25) is 22.8 Å². The van der Waals surface area contributed by atoms with Gasteiger partial charge in [-0.25, -0.2) is 4.39 Å². The summed E-state index contributed by atoms with van der Waals surface area (Å²) in [5.41, 5.74) is 0.950. The Kier molecular flexibility index (Phi) is 5.37. The molecule has 2 aromatic carbocycles. The number of rotatable bonds is 7. The second-order valence-corrected chi connectivity index (χ2v) is 6.59. The molecule has 4 rings (SSSR count). The van der Waals surface area contributed by atoms with E-state index in [1.54, 1.807) is 36.4 Å². The molecule has 0 aliphatic carbocycles. The molecule has 0 radical (unpaired) electrons. The number of unbranched alkanes of at least 4 members (excludes halogenated alkanes) is 1. The van der Waals surface area contributed by atoms with Crippen LogP contribution in [0.25, 0.3) is 22.6 Å². The van der Waals surface area contributed by atoms with Gasteiger partial charge >= 0.3 is 0 Å². The predicted octanol–water partition coefficient (Wildman–Crippen LogP) is 4.75. The van der Waals surface area contributed by atoms with Crippen LogP contribution in [0.1, 0.15) is 31.2 Å². The fourth-order valence-electron chi connectivity index (χ4n) is 2.91. The maximum atomic E-state index is 13.1. The van der Waals surface area contributed by atoms with E-state index >= 15 is 0 Å². The quantitative estimate of drug-likeness (QED) is 0.421. The molecule has 6 nitrogen and oxygen atoms in total. The molecule has 4 aromatic rings. The highest BCUT2D eigenvalue weighted by atomic mass is 19.1. The lowest BCUT2D eigenvalue weighted by atomic mass is 10.1. The summed E-state index contributed by atoms with van der Waals surface area (Å²) in [6.45, 7) is 2.41. The Hall–Kier alpha value is -3.48. The fourth-order valence-corrected chi connectivity index (χ4v) is 2.91.